The van der Waals surface area contributed by atoms with Gasteiger partial charge in [-0.05, 0) is 38.6 Å². The van der Waals surface area contributed by atoms with E-state index in [1.54, 1.807) is 4.90 Å². The van der Waals surface area contributed by atoms with Crippen LogP contribution in [0, 0.1) is 0 Å². The fraction of sp³-hybridized carbons (Fsp3) is 0.857. The number of piperidine rings is 1. The van der Waals surface area contributed by atoms with Gasteiger partial charge in [0.1, 0.15) is 0 Å². The molecule has 0 aromatic carbocycles. The van der Waals surface area contributed by atoms with E-state index in [4.69, 9.17) is 10.5 Å². The molecular weight excluding hydrogens is 258 g/mol. The van der Waals surface area contributed by atoms with E-state index in [9.17, 15) is 9.59 Å². The second kappa shape index (κ2) is 7.59. The molecule has 3 N–H and O–H groups in total. The Balaban J connectivity index is 1.86. The van der Waals surface area contributed by atoms with Gasteiger partial charge in [0.25, 0.3) is 0 Å². The summed E-state index contributed by atoms with van der Waals surface area (Å²) >= 11 is 0. The summed E-state index contributed by atoms with van der Waals surface area (Å²) in [6.07, 6.45) is 5.47. The lowest BCUT2D eigenvalue weighted by molar-refractivity contribution is -0.138. The smallest absolute Gasteiger partial charge is 0.237 e. The molecule has 2 amide bonds. The second-order valence-corrected chi connectivity index (χ2v) is 5.66. The van der Waals surface area contributed by atoms with Gasteiger partial charge in [-0.25, -0.2) is 0 Å². The van der Waals surface area contributed by atoms with Gasteiger partial charge in [-0.2, -0.15) is 0 Å². The molecule has 0 spiro atoms. The Morgan fingerprint density at radius 2 is 2.15 bits per heavy atom. The Morgan fingerprint density at radius 3 is 2.75 bits per heavy atom. The Morgan fingerprint density at radius 1 is 1.30 bits per heavy atom. The third kappa shape index (κ3) is 4.45. The number of nitrogens with zero attached hydrogens (tertiary/aromatic N) is 1. The van der Waals surface area contributed by atoms with Crippen molar-refractivity contribution < 1.29 is 14.3 Å². The Labute approximate surface area is 120 Å². The second-order valence-electron chi connectivity index (χ2n) is 5.66. The first-order valence-electron chi connectivity index (χ1n) is 7.57. The van der Waals surface area contributed by atoms with Crippen LogP contribution in [0.4, 0.5) is 0 Å². The molecule has 2 rings (SSSR count). The van der Waals surface area contributed by atoms with Crippen molar-refractivity contribution in [2.45, 2.75) is 50.7 Å². The van der Waals surface area contributed by atoms with Gasteiger partial charge in [0.2, 0.25) is 11.8 Å². The average Bonchev–Trinajstić information content (AvgIpc) is 2.96. The molecule has 0 radical (unpaired) electrons. The van der Waals surface area contributed by atoms with Gasteiger partial charge in [0.15, 0.2) is 0 Å². The number of nitrogens with two attached hydrogens (primary N) is 1. The minimum absolute atomic E-state index is 0.0213. The zero-order valence-electron chi connectivity index (χ0n) is 12.0. The van der Waals surface area contributed by atoms with E-state index >= 15 is 0 Å². The van der Waals surface area contributed by atoms with Crippen molar-refractivity contribution in [3.8, 4) is 0 Å². The normalized spacial score (nSPS) is 26.4. The zero-order valence-corrected chi connectivity index (χ0v) is 12.0. The molecule has 6 nitrogen and oxygen atoms in total. The Kier molecular flexibility index (Phi) is 5.79. The largest absolute Gasteiger partial charge is 0.378 e. The number of hydrogen-bond donors (Lipinski definition) is 2. The monoisotopic (exact) mass is 283 g/mol. The molecule has 0 aromatic rings. The highest BCUT2D eigenvalue weighted by molar-refractivity contribution is 5.84. The van der Waals surface area contributed by atoms with Crippen LogP contribution in [0.2, 0.25) is 0 Å². The molecule has 2 aliphatic rings. The Bertz CT molecular complexity index is 337. The molecule has 2 aliphatic heterocycles. The van der Waals surface area contributed by atoms with Crippen LogP contribution in [-0.4, -0.2) is 55.1 Å². The van der Waals surface area contributed by atoms with Crippen LogP contribution in [0.15, 0.2) is 0 Å². The maximum atomic E-state index is 12.4. The summed E-state index contributed by atoms with van der Waals surface area (Å²) in [6.45, 7) is 2.55. The quantitative estimate of drug-likeness (QED) is 0.719. The van der Waals surface area contributed by atoms with Gasteiger partial charge < -0.3 is 20.7 Å². The first-order valence-corrected chi connectivity index (χ1v) is 7.57. The highest BCUT2D eigenvalue weighted by atomic mass is 16.5. The molecule has 0 aliphatic carbocycles. The van der Waals surface area contributed by atoms with Crippen LogP contribution < -0.4 is 11.1 Å². The van der Waals surface area contributed by atoms with Gasteiger partial charge in [0.05, 0.1) is 12.6 Å². The lowest BCUT2D eigenvalue weighted by Crippen LogP contribution is -2.51. The number of carbonyl (C=O) groups is 2. The van der Waals surface area contributed by atoms with Gasteiger partial charge in [0, 0.05) is 25.6 Å². The van der Waals surface area contributed by atoms with E-state index in [1.807, 2.05) is 0 Å². The fourth-order valence-corrected chi connectivity index (χ4v) is 2.99. The third-order valence-electron chi connectivity index (χ3n) is 4.06. The fourth-order valence-electron chi connectivity index (χ4n) is 2.99. The molecule has 0 bridgehead atoms. The van der Waals surface area contributed by atoms with E-state index in [0.29, 0.717) is 6.42 Å². The standard InChI is InChI=1S/C14H25N3O3/c15-13(18)10-17(11-3-1-7-16-9-11)14(19)6-5-12-4-2-8-20-12/h11-12,16H,1-10H2,(H2,15,18). The van der Waals surface area contributed by atoms with Crippen molar-refractivity contribution in [2.24, 2.45) is 5.73 Å². The van der Waals surface area contributed by atoms with E-state index < -0.39 is 5.91 Å². The summed E-state index contributed by atoms with van der Waals surface area (Å²) in [5, 5.41) is 3.27. The molecule has 0 aromatic heterocycles. The summed E-state index contributed by atoms with van der Waals surface area (Å²) in [4.78, 5) is 25.2. The van der Waals surface area contributed by atoms with Gasteiger partial charge in [-0.3, -0.25) is 9.59 Å². The van der Waals surface area contributed by atoms with Crippen molar-refractivity contribution in [1.82, 2.24) is 10.2 Å². The van der Waals surface area contributed by atoms with Crippen LogP contribution in [0.5, 0.6) is 0 Å². The summed E-state index contributed by atoms with van der Waals surface area (Å²) in [7, 11) is 0. The topological polar surface area (TPSA) is 84.7 Å². The van der Waals surface area contributed by atoms with E-state index in [2.05, 4.69) is 5.32 Å². The number of amides is 2. The third-order valence-corrected chi connectivity index (χ3v) is 4.06. The van der Waals surface area contributed by atoms with Gasteiger partial charge in [-0.1, -0.05) is 0 Å². The van der Waals surface area contributed by atoms with Crippen molar-refractivity contribution in [2.75, 3.05) is 26.2 Å². The summed E-state index contributed by atoms with van der Waals surface area (Å²) < 4.78 is 5.53. The molecule has 2 fully saturated rings. The van der Waals surface area contributed by atoms with Crippen LogP contribution in [0.3, 0.4) is 0 Å². The summed E-state index contributed by atoms with van der Waals surface area (Å²) in [5.74, 6) is -0.422. The summed E-state index contributed by atoms with van der Waals surface area (Å²) in [5.41, 5.74) is 5.28. The van der Waals surface area contributed by atoms with Crippen molar-refractivity contribution in [1.29, 1.82) is 0 Å². The van der Waals surface area contributed by atoms with Crippen LogP contribution in [0.1, 0.15) is 38.5 Å². The predicted octanol–water partition coefficient (Wildman–Crippen LogP) is 0.0115. The van der Waals surface area contributed by atoms with Crippen molar-refractivity contribution in [3.63, 3.8) is 0 Å². The van der Waals surface area contributed by atoms with Crippen LogP contribution >= 0.6 is 0 Å². The van der Waals surface area contributed by atoms with E-state index in [-0.39, 0.29) is 24.6 Å². The molecule has 0 saturated carbocycles. The molecule has 20 heavy (non-hydrogen) atoms. The molecule has 6 heteroatoms. The van der Waals surface area contributed by atoms with Gasteiger partial charge >= 0.3 is 0 Å². The highest BCUT2D eigenvalue weighted by Gasteiger charge is 2.27. The molecule has 114 valence electrons. The zero-order chi connectivity index (χ0) is 14.4. The molecular formula is C14H25N3O3. The highest BCUT2D eigenvalue weighted by Crippen LogP contribution is 2.19. The first kappa shape index (κ1) is 15.3. The number of ether oxygens (including phenoxy) is 1. The predicted molar refractivity (Wildman–Crippen MR) is 75.0 cm³/mol. The maximum absolute atomic E-state index is 12.4. The lowest BCUT2D eigenvalue weighted by Gasteiger charge is -2.34. The van der Waals surface area contributed by atoms with Gasteiger partial charge in [-0.15, -0.1) is 0 Å². The number of carbonyl (C=O) groups excluding carboxylic acids is 2. The molecule has 2 saturated heterocycles. The maximum Gasteiger partial charge on any atom is 0.237 e. The summed E-state index contributed by atoms with van der Waals surface area (Å²) in [6, 6.07) is 0.0910. The minimum atomic E-state index is -0.443. The molecule has 2 heterocycles. The van der Waals surface area contributed by atoms with Crippen molar-refractivity contribution >= 4 is 11.8 Å². The first-order chi connectivity index (χ1) is 9.66. The van der Waals surface area contributed by atoms with E-state index in [0.717, 1.165) is 51.8 Å². The number of nitrogens with one attached hydrogen (secondary N) is 1. The average molecular weight is 283 g/mol. The SMILES string of the molecule is NC(=O)CN(C(=O)CCC1CCCO1)C1CCCNC1. The van der Waals surface area contributed by atoms with E-state index in [1.165, 1.54) is 0 Å². The van der Waals surface area contributed by atoms with Crippen molar-refractivity contribution in [3.05, 3.63) is 0 Å². The number of primary amides is 1. The lowest BCUT2D eigenvalue weighted by atomic mass is 10.0. The molecule has 2 atom stereocenters. The molecule has 2 unspecified atom stereocenters. The number of hydrogen-bond acceptors (Lipinski definition) is 4. The Hall–Kier alpha value is -1.14. The van der Waals surface area contributed by atoms with Crippen LogP contribution in [-0.2, 0) is 14.3 Å². The minimum Gasteiger partial charge on any atom is -0.378 e. The van der Waals surface area contributed by atoms with Crippen LogP contribution in [0.25, 0.3) is 0 Å². The number of rotatable bonds is 6.